The second-order valence-electron chi connectivity index (χ2n) is 14.5. The van der Waals surface area contributed by atoms with Gasteiger partial charge in [-0.1, -0.05) is 137 Å². The van der Waals surface area contributed by atoms with Gasteiger partial charge in [-0.05, 0) is 59.1 Å². The molecule has 47 heavy (non-hydrogen) atoms. The van der Waals surface area contributed by atoms with Gasteiger partial charge < -0.3 is 14.5 Å². The van der Waals surface area contributed by atoms with Crippen molar-refractivity contribution in [3.8, 4) is 0 Å². The highest BCUT2D eigenvalue weighted by Gasteiger charge is 2.46. The first-order valence-corrected chi connectivity index (χ1v) is 17.2. The molecule has 4 aromatic carbocycles. The number of rotatable bonds is 13. The second kappa shape index (κ2) is 15.1. The van der Waals surface area contributed by atoms with E-state index in [0.29, 0.717) is 0 Å². The Kier molecular flexibility index (Phi) is 10.9. The summed E-state index contributed by atoms with van der Waals surface area (Å²) < 4.78 is 6.63. The van der Waals surface area contributed by atoms with Gasteiger partial charge in [-0.25, -0.2) is 4.79 Å². The summed E-state index contributed by atoms with van der Waals surface area (Å²) in [7, 11) is 4.17. The molecule has 0 aromatic heterocycles. The van der Waals surface area contributed by atoms with Crippen LogP contribution in [-0.2, 0) is 29.0 Å². The number of aryl methyl sites for hydroxylation is 1. The van der Waals surface area contributed by atoms with Crippen LogP contribution in [0.2, 0.25) is 0 Å². The second-order valence-corrected chi connectivity index (χ2v) is 14.5. The van der Waals surface area contributed by atoms with E-state index in [-0.39, 0.29) is 17.3 Å². The molecule has 4 nitrogen and oxygen atoms in total. The Labute approximate surface area is 283 Å². The lowest BCUT2D eigenvalue weighted by atomic mass is 9.69. The van der Waals surface area contributed by atoms with E-state index in [4.69, 9.17) is 4.74 Å². The van der Waals surface area contributed by atoms with Crippen molar-refractivity contribution in [1.29, 1.82) is 0 Å². The lowest BCUT2D eigenvalue weighted by Crippen LogP contribution is -2.45. The fourth-order valence-corrected chi connectivity index (χ4v) is 7.21. The topological polar surface area (TPSA) is 32.8 Å². The predicted molar refractivity (Wildman–Crippen MR) is 195 cm³/mol. The lowest BCUT2D eigenvalue weighted by Gasteiger charge is -2.44. The van der Waals surface area contributed by atoms with Crippen molar-refractivity contribution in [2.75, 3.05) is 19.0 Å². The molecule has 0 aliphatic carbocycles. The van der Waals surface area contributed by atoms with Gasteiger partial charge in [0, 0.05) is 50.9 Å². The summed E-state index contributed by atoms with van der Waals surface area (Å²) >= 11 is 0. The van der Waals surface area contributed by atoms with Crippen LogP contribution >= 0.6 is 0 Å². The summed E-state index contributed by atoms with van der Waals surface area (Å²) in [5.74, 6) is -0.311. The minimum absolute atomic E-state index is 0.142. The van der Waals surface area contributed by atoms with Gasteiger partial charge in [0.2, 0.25) is 0 Å². The average molecular weight is 629 g/mol. The molecule has 0 spiro atoms. The van der Waals surface area contributed by atoms with Crippen LogP contribution in [0.15, 0.2) is 127 Å². The number of nitrogens with zero attached hydrogens (tertiary/aromatic N) is 2. The Balaban J connectivity index is 1.54. The van der Waals surface area contributed by atoms with Gasteiger partial charge >= 0.3 is 5.97 Å². The van der Waals surface area contributed by atoms with E-state index >= 15 is 0 Å². The third kappa shape index (κ3) is 8.54. The Morgan fingerprint density at radius 2 is 1.30 bits per heavy atom. The highest BCUT2D eigenvalue weighted by molar-refractivity contribution is 5.92. The first kappa shape index (κ1) is 34.0. The maximum absolute atomic E-state index is 14.5. The molecule has 2 atom stereocenters. The molecule has 0 N–H and O–H groups in total. The number of cyclic esters (lactones) is 1. The summed E-state index contributed by atoms with van der Waals surface area (Å²) in [5, 5.41) is 0. The van der Waals surface area contributed by atoms with Crippen molar-refractivity contribution in [2.24, 2.45) is 5.41 Å². The summed E-state index contributed by atoms with van der Waals surface area (Å²) in [5.41, 5.74) is 7.23. The molecular weight excluding hydrogens is 576 g/mol. The Morgan fingerprint density at radius 3 is 1.81 bits per heavy atom. The van der Waals surface area contributed by atoms with Crippen molar-refractivity contribution in [1.82, 2.24) is 4.90 Å². The summed E-state index contributed by atoms with van der Waals surface area (Å²) in [6.45, 7) is 10.5. The number of carbonyl (C=O) groups excluding carboxylic acids is 1. The van der Waals surface area contributed by atoms with Crippen molar-refractivity contribution >= 4 is 11.7 Å². The zero-order valence-corrected chi connectivity index (χ0v) is 29.2. The van der Waals surface area contributed by atoms with Crippen LogP contribution in [0, 0.1) is 5.41 Å². The quantitative estimate of drug-likeness (QED) is 0.138. The van der Waals surface area contributed by atoms with E-state index in [1.54, 1.807) is 0 Å². The first-order valence-electron chi connectivity index (χ1n) is 17.2. The minimum atomic E-state index is -0.517. The molecule has 4 aromatic rings. The molecule has 0 radical (unpaired) electrons. The highest BCUT2D eigenvalue weighted by Crippen LogP contribution is 2.48. The van der Waals surface area contributed by atoms with E-state index in [1.165, 1.54) is 16.7 Å². The SMILES string of the molecule is CCC[C@]1(CCc2ccccc2)CC(N(C)C)=C([C@H](c2cccc(N(Cc3ccccc3)Cc3ccccc3)c2)C(C)(C)C)C(=O)O1. The molecule has 0 unspecified atom stereocenters. The van der Waals surface area contributed by atoms with E-state index in [9.17, 15) is 4.79 Å². The van der Waals surface area contributed by atoms with Crippen molar-refractivity contribution in [3.05, 3.63) is 149 Å². The maximum atomic E-state index is 14.5. The predicted octanol–water partition coefficient (Wildman–Crippen LogP) is 9.96. The van der Waals surface area contributed by atoms with Gasteiger partial charge in [-0.15, -0.1) is 0 Å². The summed E-state index contributed by atoms with van der Waals surface area (Å²) in [4.78, 5) is 19.1. The molecule has 0 saturated heterocycles. The van der Waals surface area contributed by atoms with Crippen LogP contribution in [0.3, 0.4) is 0 Å². The molecule has 5 rings (SSSR count). The zero-order chi connectivity index (χ0) is 33.4. The normalized spacial score (nSPS) is 17.3. The third-order valence-electron chi connectivity index (χ3n) is 9.44. The van der Waals surface area contributed by atoms with Gasteiger partial charge in [-0.3, -0.25) is 0 Å². The van der Waals surface area contributed by atoms with Crippen LogP contribution in [0.25, 0.3) is 0 Å². The van der Waals surface area contributed by atoms with Crippen LogP contribution in [0.5, 0.6) is 0 Å². The molecular formula is C43H52N2O2. The van der Waals surface area contributed by atoms with Crippen molar-refractivity contribution in [2.45, 2.75) is 84.4 Å². The molecule has 1 aliphatic rings. The van der Waals surface area contributed by atoms with E-state index in [0.717, 1.165) is 67.7 Å². The van der Waals surface area contributed by atoms with Gasteiger partial charge in [0.05, 0.1) is 5.57 Å². The standard InChI is InChI=1S/C43H52N2O2/c1-7-27-43(28-26-33-18-11-8-12-19-33)30-38(44(5)6)39(41(46)47-43)40(42(2,3)4)36-24-17-25-37(29-36)45(31-34-20-13-9-14-21-34)32-35-22-15-10-16-23-35/h8-25,29,40H,7,26-28,30-32H2,1-6H3/t40-,43-/m0/s1. The van der Waals surface area contributed by atoms with Crippen LogP contribution in [-0.4, -0.2) is 30.6 Å². The molecule has 4 heteroatoms. The van der Waals surface area contributed by atoms with Crippen LogP contribution in [0.1, 0.15) is 81.5 Å². The van der Waals surface area contributed by atoms with E-state index < -0.39 is 5.60 Å². The molecule has 1 aliphatic heterocycles. The monoisotopic (exact) mass is 628 g/mol. The first-order chi connectivity index (χ1) is 22.6. The smallest absolute Gasteiger partial charge is 0.336 e. The summed E-state index contributed by atoms with van der Waals surface area (Å²) in [6, 6.07) is 40.7. The number of esters is 1. The minimum Gasteiger partial charge on any atom is -0.455 e. The molecule has 1 heterocycles. The van der Waals surface area contributed by atoms with Gasteiger partial charge in [-0.2, -0.15) is 0 Å². The summed E-state index contributed by atoms with van der Waals surface area (Å²) in [6.07, 6.45) is 4.22. The van der Waals surface area contributed by atoms with Crippen LogP contribution < -0.4 is 4.90 Å². The fourth-order valence-electron chi connectivity index (χ4n) is 7.21. The zero-order valence-electron chi connectivity index (χ0n) is 29.2. The number of benzene rings is 4. The Hall–Kier alpha value is -4.31. The van der Waals surface area contributed by atoms with Gasteiger partial charge in [0.25, 0.3) is 0 Å². The van der Waals surface area contributed by atoms with Crippen molar-refractivity contribution in [3.63, 3.8) is 0 Å². The van der Waals surface area contributed by atoms with Crippen LogP contribution in [0.4, 0.5) is 5.69 Å². The molecule has 0 bridgehead atoms. The molecule has 0 fully saturated rings. The molecule has 246 valence electrons. The van der Waals surface area contributed by atoms with Crippen molar-refractivity contribution < 1.29 is 9.53 Å². The number of hydrogen-bond donors (Lipinski definition) is 0. The molecule has 0 saturated carbocycles. The Morgan fingerprint density at radius 1 is 0.745 bits per heavy atom. The lowest BCUT2D eigenvalue weighted by molar-refractivity contribution is -0.161. The van der Waals surface area contributed by atoms with E-state index in [2.05, 4.69) is 167 Å². The fraction of sp³-hybridized carbons (Fsp3) is 0.372. The number of carbonyl (C=O) groups is 1. The van der Waals surface area contributed by atoms with E-state index in [1.807, 2.05) is 0 Å². The Bertz CT molecular complexity index is 1580. The third-order valence-corrected chi connectivity index (χ3v) is 9.44. The number of ether oxygens (including phenoxy) is 1. The largest absolute Gasteiger partial charge is 0.455 e. The van der Waals surface area contributed by atoms with Gasteiger partial charge in [0.1, 0.15) is 5.60 Å². The average Bonchev–Trinajstić information content (AvgIpc) is 3.06. The maximum Gasteiger partial charge on any atom is 0.336 e. The molecule has 0 amide bonds. The van der Waals surface area contributed by atoms with Gasteiger partial charge in [0.15, 0.2) is 0 Å². The highest BCUT2D eigenvalue weighted by atomic mass is 16.6. The number of hydrogen-bond acceptors (Lipinski definition) is 4. The number of anilines is 1.